The van der Waals surface area contributed by atoms with Crippen molar-refractivity contribution >= 4 is 23.9 Å². The fourth-order valence-corrected chi connectivity index (χ4v) is 2.93. The third-order valence-corrected chi connectivity index (χ3v) is 3.62. The van der Waals surface area contributed by atoms with Crippen LogP contribution in [-0.4, -0.2) is 23.9 Å². The molecule has 0 aromatic carbocycles. The molecule has 3 rings (SSSR count). The number of ether oxygens (including phenoxy) is 2. The first-order valence-electron chi connectivity index (χ1n) is 5.08. The Bertz CT molecular complexity index is 425. The van der Waals surface area contributed by atoms with Crippen molar-refractivity contribution in [2.24, 2.45) is 23.7 Å². The van der Waals surface area contributed by atoms with E-state index >= 15 is 0 Å². The lowest BCUT2D eigenvalue weighted by molar-refractivity contribution is -0.174. The van der Waals surface area contributed by atoms with Crippen LogP contribution < -0.4 is 0 Å². The highest BCUT2D eigenvalue weighted by atomic mass is 16.6. The highest BCUT2D eigenvalue weighted by molar-refractivity contribution is 5.99. The largest absolute Gasteiger partial charge is 0.393 e. The molecule has 0 N–H and O–H groups in total. The number of rotatable bonds is 0. The zero-order valence-electron chi connectivity index (χ0n) is 8.17. The fourth-order valence-electron chi connectivity index (χ4n) is 2.93. The van der Waals surface area contributed by atoms with E-state index in [4.69, 9.17) is 0 Å². The Morgan fingerprint density at radius 1 is 0.875 bits per heavy atom. The topological polar surface area (TPSA) is 86.7 Å². The summed E-state index contributed by atoms with van der Waals surface area (Å²) in [5, 5.41) is 0. The molecule has 0 radical (unpaired) electrons. The van der Waals surface area contributed by atoms with Gasteiger partial charge in [0.15, 0.2) is 0 Å². The molecule has 0 amide bonds. The minimum Gasteiger partial charge on any atom is -0.393 e. The molecule has 1 aliphatic carbocycles. The molecule has 84 valence electrons. The Kier molecular flexibility index (Phi) is 1.72. The Morgan fingerprint density at radius 2 is 1.56 bits per heavy atom. The highest BCUT2D eigenvalue weighted by Crippen LogP contribution is 2.49. The predicted molar refractivity (Wildman–Crippen MR) is 45.4 cm³/mol. The van der Waals surface area contributed by atoms with Gasteiger partial charge in [-0.05, 0) is 12.3 Å². The summed E-state index contributed by atoms with van der Waals surface area (Å²) in [5.74, 6) is -4.83. The maximum absolute atomic E-state index is 11.5. The Balaban J connectivity index is 2.02. The lowest BCUT2D eigenvalue weighted by Crippen LogP contribution is -2.37. The summed E-state index contributed by atoms with van der Waals surface area (Å²) in [4.78, 5) is 45.5. The van der Waals surface area contributed by atoms with Gasteiger partial charge in [-0.2, -0.15) is 0 Å². The molecule has 2 aliphatic heterocycles. The Labute approximate surface area is 89.9 Å². The standard InChI is InChI=1S/C10H8O6/c11-6-2-3-4-1-5(7(3)10(14)15-6)9(13)16-8(4)12/h3-5,7H,1-2H2. The highest BCUT2D eigenvalue weighted by Gasteiger charge is 2.60. The van der Waals surface area contributed by atoms with Crippen molar-refractivity contribution < 1.29 is 28.7 Å². The molecule has 16 heavy (non-hydrogen) atoms. The zero-order valence-corrected chi connectivity index (χ0v) is 8.17. The van der Waals surface area contributed by atoms with Gasteiger partial charge in [-0.1, -0.05) is 0 Å². The van der Waals surface area contributed by atoms with Crippen LogP contribution in [0.4, 0.5) is 0 Å². The molecule has 2 bridgehead atoms. The number of cyclic esters (lactones) is 4. The number of esters is 4. The predicted octanol–water partition coefficient (Wildman–Crippen LogP) is -0.588. The first kappa shape index (κ1) is 9.50. The molecule has 1 saturated carbocycles. The van der Waals surface area contributed by atoms with E-state index in [1.165, 1.54) is 0 Å². The van der Waals surface area contributed by atoms with Gasteiger partial charge >= 0.3 is 23.9 Å². The lowest BCUT2D eigenvalue weighted by atomic mass is 9.83. The summed E-state index contributed by atoms with van der Waals surface area (Å²) in [6.45, 7) is 0. The van der Waals surface area contributed by atoms with E-state index in [0.29, 0.717) is 6.42 Å². The molecule has 4 atom stereocenters. The monoisotopic (exact) mass is 224 g/mol. The molecular weight excluding hydrogens is 216 g/mol. The molecule has 0 aromatic rings. The third kappa shape index (κ3) is 1.07. The average Bonchev–Trinajstić information content (AvgIpc) is 2.52. The summed E-state index contributed by atoms with van der Waals surface area (Å²) in [6, 6.07) is 0. The van der Waals surface area contributed by atoms with E-state index in [1.807, 2.05) is 0 Å². The molecule has 0 aromatic heterocycles. The molecule has 2 saturated heterocycles. The van der Waals surface area contributed by atoms with E-state index in [9.17, 15) is 19.2 Å². The summed E-state index contributed by atoms with van der Waals surface area (Å²) in [5.41, 5.74) is 0. The summed E-state index contributed by atoms with van der Waals surface area (Å²) >= 11 is 0. The third-order valence-electron chi connectivity index (χ3n) is 3.62. The second kappa shape index (κ2) is 2.90. The molecule has 3 fully saturated rings. The fraction of sp³-hybridized carbons (Fsp3) is 0.600. The van der Waals surface area contributed by atoms with Gasteiger partial charge in [0.05, 0.1) is 24.2 Å². The van der Waals surface area contributed by atoms with Crippen molar-refractivity contribution in [3.05, 3.63) is 0 Å². The van der Waals surface area contributed by atoms with Gasteiger partial charge < -0.3 is 9.47 Å². The van der Waals surface area contributed by atoms with Crippen molar-refractivity contribution in [3.8, 4) is 0 Å². The first-order chi connectivity index (χ1) is 7.58. The van der Waals surface area contributed by atoms with Crippen LogP contribution in [-0.2, 0) is 28.7 Å². The van der Waals surface area contributed by atoms with Crippen LogP contribution in [0.3, 0.4) is 0 Å². The van der Waals surface area contributed by atoms with E-state index in [1.54, 1.807) is 0 Å². The molecule has 2 heterocycles. The minimum absolute atomic E-state index is 0.0138. The van der Waals surface area contributed by atoms with Crippen LogP contribution in [0, 0.1) is 23.7 Å². The van der Waals surface area contributed by atoms with E-state index in [0.717, 1.165) is 0 Å². The van der Waals surface area contributed by atoms with Gasteiger partial charge in [-0.3, -0.25) is 19.2 Å². The Morgan fingerprint density at radius 3 is 2.31 bits per heavy atom. The number of hydrogen-bond acceptors (Lipinski definition) is 6. The SMILES string of the molecule is O=C1CC2C3CC(C(=O)OC3=O)C2C(=O)O1. The van der Waals surface area contributed by atoms with Gasteiger partial charge in [0.25, 0.3) is 0 Å². The molecule has 0 spiro atoms. The van der Waals surface area contributed by atoms with Crippen molar-refractivity contribution in [1.82, 2.24) is 0 Å². The molecule has 6 heteroatoms. The summed E-state index contributed by atoms with van der Waals surface area (Å²) in [6.07, 6.45) is 0.315. The minimum atomic E-state index is -0.694. The molecule has 3 aliphatic rings. The van der Waals surface area contributed by atoms with Crippen molar-refractivity contribution in [1.29, 1.82) is 0 Å². The smallest absolute Gasteiger partial charge is 0.317 e. The van der Waals surface area contributed by atoms with Crippen LogP contribution in [0.25, 0.3) is 0 Å². The first-order valence-corrected chi connectivity index (χ1v) is 5.08. The lowest BCUT2D eigenvalue weighted by Gasteiger charge is -2.24. The summed E-state index contributed by atoms with van der Waals surface area (Å²) in [7, 11) is 0. The van der Waals surface area contributed by atoms with Gasteiger partial charge in [0.2, 0.25) is 0 Å². The number of hydrogen-bond donors (Lipinski definition) is 0. The maximum atomic E-state index is 11.5. The number of carbonyl (C=O) groups excluding carboxylic acids is 4. The van der Waals surface area contributed by atoms with Crippen molar-refractivity contribution in [3.63, 3.8) is 0 Å². The van der Waals surface area contributed by atoms with Crippen molar-refractivity contribution in [2.45, 2.75) is 12.8 Å². The Hall–Kier alpha value is -1.72. The van der Waals surface area contributed by atoms with E-state index < -0.39 is 47.5 Å². The van der Waals surface area contributed by atoms with E-state index in [-0.39, 0.29) is 6.42 Å². The van der Waals surface area contributed by atoms with Gasteiger partial charge in [-0.25, -0.2) is 0 Å². The zero-order chi connectivity index (χ0) is 11.4. The van der Waals surface area contributed by atoms with Crippen LogP contribution >= 0.6 is 0 Å². The van der Waals surface area contributed by atoms with Gasteiger partial charge in [-0.15, -0.1) is 0 Å². The second-order valence-electron chi connectivity index (χ2n) is 4.38. The molecule has 6 nitrogen and oxygen atoms in total. The summed E-state index contributed by atoms with van der Waals surface area (Å²) < 4.78 is 9.05. The van der Waals surface area contributed by atoms with Crippen molar-refractivity contribution in [2.75, 3.05) is 0 Å². The normalized spacial score (nSPS) is 41.5. The second-order valence-corrected chi connectivity index (χ2v) is 4.38. The van der Waals surface area contributed by atoms with Crippen LogP contribution in [0.15, 0.2) is 0 Å². The number of carbonyl (C=O) groups is 4. The van der Waals surface area contributed by atoms with Gasteiger partial charge in [0, 0.05) is 0 Å². The van der Waals surface area contributed by atoms with Crippen LogP contribution in [0.2, 0.25) is 0 Å². The molecular formula is C10H8O6. The molecule has 4 unspecified atom stereocenters. The number of fused-ring (bicyclic) bond motifs is 5. The van der Waals surface area contributed by atoms with Crippen LogP contribution in [0.1, 0.15) is 12.8 Å². The van der Waals surface area contributed by atoms with Gasteiger partial charge in [0.1, 0.15) is 0 Å². The van der Waals surface area contributed by atoms with E-state index in [2.05, 4.69) is 9.47 Å². The van der Waals surface area contributed by atoms with Crippen LogP contribution in [0.5, 0.6) is 0 Å². The average molecular weight is 224 g/mol. The maximum Gasteiger partial charge on any atom is 0.317 e. The quantitative estimate of drug-likeness (QED) is 0.404.